The van der Waals surface area contributed by atoms with E-state index in [-0.39, 0.29) is 5.82 Å². The van der Waals surface area contributed by atoms with Gasteiger partial charge in [-0.15, -0.1) is 0 Å². The van der Waals surface area contributed by atoms with Crippen LogP contribution in [-0.2, 0) is 0 Å². The van der Waals surface area contributed by atoms with Gasteiger partial charge in [0, 0.05) is 49.1 Å². The third kappa shape index (κ3) is 4.33. The molecule has 1 saturated heterocycles. The van der Waals surface area contributed by atoms with Gasteiger partial charge in [0.15, 0.2) is 0 Å². The lowest BCUT2D eigenvalue weighted by Crippen LogP contribution is -2.47. The average molecular weight is 430 g/mol. The number of hydrogen-bond acceptors (Lipinski definition) is 6. The fraction of sp³-hybridized carbons (Fsp3) is 0.211. The monoisotopic (exact) mass is 429 g/mol. The van der Waals surface area contributed by atoms with Gasteiger partial charge in [-0.05, 0) is 52.3 Å². The molecule has 1 aliphatic rings. The molecule has 3 aromatic rings. The van der Waals surface area contributed by atoms with E-state index in [1.54, 1.807) is 30.6 Å². The van der Waals surface area contributed by atoms with Crippen molar-refractivity contribution in [3.63, 3.8) is 0 Å². The van der Waals surface area contributed by atoms with Crippen LogP contribution in [0.1, 0.15) is 0 Å². The van der Waals surface area contributed by atoms with Gasteiger partial charge in [-0.3, -0.25) is 0 Å². The molecule has 0 aliphatic carbocycles. The Labute approximate surface area is 164 Å². The van der Waals surface area contributed by atoms with E-state index in [0.717, 1.165) is 36.5 Å². The number of pyridine rings is 1. The lowest BCUT2D eigenvalue weighted by Gasteiger charge is -2.35. The molecule has 0 unspecified atom stereocenters. The minimum absolute atomic E-state index is 0.302. The maximum absolute atomic E-state index is 13.0. The van der Waals surface area contributed by atoms with Crippen LogP contribution in [0, 0.1) is 5.82 Å². The number of anilines is 2. The van der Waals surface area contributed by atoms with Gasteiger partial charge in [0.2, 0.25) is 11.8 Å². The van der Waals surface area contributed by atoms with Crippen molar-refractivity contribution in [1.29, 1.82) is 0 Å². The predicted octanol–water partition coefficient (Wildman–Crippen LogP) is 3.89. The largest absolute Gasteiger partial charge is 0.439 e. The van der Waals surface area contributed by atoms with Gasteiger partial charge in [-0.1, -0.05) is 0 Å². The fourth-order valence-corrected chi connectivity index (χ4v) is 3.09. The molecule has 0 saturated carbocycles. The number of hydrogen-bond donors (Lipinski definition) is 0. The minimum Gasteiger partial charge on any atom is -0.439 e. The molecule has 0 spiro atoms. The van der Waals surface area contributed by atoms with Crippen LogP contribution < -0.4 is 14.5 Å². The lowest BCUT2D eigenvalue weighted by molar-refractivity contribution is 0.458. The van der Waals surface area contributed by atoms with E-state index < -0.39 is 0 Å². The summed E-state index contributed by atoms with van der Waals surface area (Å²) in [6.07, 6.45) is 3.48. The summed E-state index contributed by atoms with van der Waals surface area (Å²) in [7, 11) is 0. The first-order chi connectivity index (χ1) is 13.2. The molecule has 1 fully saturated rings. The summed E-state index contributed by atoms with van der Waals surface area (Å²) in [6, 6.07) is 11.5. The van der Waals surface area contributed by atoms with Crippen molar-refractivity contribution in [3.05, 3.63) is 65.1 Å². The third-order valence-corrected chi connectivity index (χ3v) is 4.72. The standard InChI is InChI=1S/C19H17BrFN5O/c20-14-1-6-17(23-13-14)25-9-11-26(12-10-25)19-22-8-7-18(24-19)27-16-4-2-15(21)3-5-16/h1-8,13H,9-12H2. The molecule has 8 heteroatoms. The molecule has 27 heavy (non-hydrogen) atoms. The van der Waals surface area contributed by atoms with Gasteiger partial charge in [-0.2, -0.15) is 4.98 Å². The Bertz CT molecular complexity index is 899. The summed E-state index contributed by atoms with van der Waals surface area (Å²) in [5, 5.41) is 0. The number of ether oxygens (including phenoxy) is 1. The van der Waals surface area contributed by atoms with Crippen molar-refractivity contribution in [2.24, 2.45) is 0 Å². The fourth-order valence-electron chi connectivity index (χ4n) is 2.86. The van der Waals surface area contributed by atoms with Gasteiger partial charge < -0.3 is 14.5 Å². The summed E-state index contributed by atoms with van der Waals surface area (Å²) in [5.74, 6) is 2.25. The number of nitrogens with zero attached hydrogens (tertiary/aromatic N) is 5. The van der Waals surface area contributed by atoms with Crippen LogP contribution in [0.4, 0.5) is 16.2 Å². The zero-order valence-corrected chi connectivity index (χ0v) is 16.0. The molecule has 6 nitrogen and oxygen atoms in total. The van der Waals surface area contributed by atoms with E-state index in [9.17, 15) is 4.39 Å². The molecule has 1 aliphatic heterocycles. The van der Waals surface area contributed by atoms with Gasteiger partial charge in [0.1, 0.15) is 17.4 Å². The van der Waals surface area contributed by atoms with Crippen molar-refractivity contribution in [2.45, 2.75) is 0 Å². The second kappa shape index (κ2) is 7.87. The molecule has 0 bridgehead atoms. The van der Waals surface area contributed by atoms with E-state index in [2.05, 4.69) is 40.7 Å². The number of benzene rings is 1. The maximum Gasteiger partial charge on any atom is 0.228 e. The predicted molar refractivity (Wildman–Crippen MR) is 105 cm³/mol. The van der Waals surface area contributed by atoms with E-state index in [1.807, 2.05) is 12.1 Å². The summed E-state index contributed by atoms with van der Waals surface area (Å²) >= 11 is 3.41. The molecule has 0 amide bonds. The van der Waals surface area contributed by atoms with Gasteiger partial charge in [-0.25, -0.2) is 14.4 Å². The lowest BCUT2D eigenvalue weighted by atomic mass is 10.3. The van der Waals surface area contributed by atoms with E-state index in [1.165, 1.54) is 12.1 Å². The van der Waals surface area contributed by atoms with Crippen molar-refractivity contribution in [1.82, 2.24) is 15.0 Å². The minimum atomic E-state index is -0.302. The first kappa shape index (κ1) is 17.7. The highest BCUT2D eigenvalue weighted by Crippen LogP contribution is 2.22. The number of aromatic nitrogens is 3. The Hall–Kier alpha value is -2.74. The summed E-state index contributed by atoms with van der Waals surface area (Å²) < 4.78 is 19.7. The number of piperazine rings is 1. The molecule has 1 aromatic carbocycles. The van der Waals surface area contributed by atoms with Crippen LogP contribution >= 0.6 is 15.9 Å². The molecular weight excluding hydrogens is 413 g/mol. The second-order valence-electron chi connectivity index (χ2n) is 6.06. The third-order valence-electron chi connectivity index (χ3n) is 4.25. The smallest absolute Gasteiger partial charge is 0.228 e. The Kier molecular flexibility index (Phi) is 5.15. The normalized spacial score (nSPS) is 14.3. The van der Waals surface area contributed by atoms with Gasteiger partial charge >= 0.3 is 0 Å². The van der Waals surface area contributed by atoms with E-state index in [4.69, 9.17) is 4.74 Å². The molecule has 138 valence electrons. The zero-order chi connectivity index (χ0) is 18.6. The molecule has 0 N–H and O–H groups in total. The summed E-state index contributed by atoms with van der Waals surface area (Å²) in [4.78, 5) is 17.6. The van der Waals surface area contributed by atoms with Crippen LogP contribution in [0.15, 0.2) is 59.3 Å². The topological polar surface area (TPSA) is 54.4 Å². The zero-order valence-electron chi connectivity index (χ0n) is 14.4. The van der Waals surface area contributed by atoms with Crippen LogP contribution in [0.2, 0.25) is 0 Å². The summed E-state index contributed by atoms with van der Waals surface area (Å²) in [6.45, 7) is 3.25. The molecule has 2 aromatic heterocycles. The number of rotatable bonds is 4. The quantitative estimate of drug-likeness (QED) is 0.626. The Morgan fingerprint density at radius 1 is 0.889 bits per heavy atom. The van der Waals surface area contributed by atoms with Gasteiger partial charge in [0.25, 0.3) is 0 Å². The maximum atomic E-state index is 13.0. The Morgan fingerprint density at radius 2 is 1.63 bits per heavy atom. The van der Waals surface area contributed by atoms with Crippen LogP contribution in [0.5, 0.6) is 11.6 Å². The van der Waals surface area contributed by atoms with Crippen LogP contribution in [-0.4, -0.2) is 41.1 Å². The van der Waals surface area contributed by atoms with Crippen LogP contribution in [0.3, 0.4) is 0 Å². The summed E-state index contributed by atoms with van der Waals surface area (Å²) in [5.41, 5.74) is 0. The highest BCUT2D eigenvalue weighted by Gasteiger charge is 2.20. The first-order valence-electron chi connectivity index (χ1n) is 8.55. The van der Waals surface area contributed by atoms with Crippen molar-refractivity contribution in [2.75, 3.05) is 36.0 Å². The Balaban J connectivity index is 1.41. The molecular formula is C19H17BrFN5O. The SMILES string of the molecule is Fc1ccc(Oc2ccnc(N3CCN(c4ccc(Br)cn4)CC3)n2)cc1. The van der Waals surface area contributed by atoms with Crippen molar-refractivity contribution in [3.8, 4) is 11.6 Å². The van der Waals surface area contributed by atoms with Crippen molar-refractivity contribution >= 4 is 27.7 Å². The highest BCUT2D eigenvalue weighted by molar-refractivity contribution is 9.10. The number of halogens is 2. The highest BCUT2D eigenvalue weighted by atomic mass is 79.9. The van der Waals surface area contributed by atoms with E-state index in [0.29, 0.717) is 17.6 Å². The molecule has 3 heterocycles. The van der Waals surface area contributed by atoms with E-state index >= 15 is 0 Å². The Morgan fingerprint density at radius 3 is 2.33 bits per heavy atom. The molecule has 0 atom stereocenters. The molecule has 0 radical (unpaired) electrons. The van der Waals surface area contributed by atoms with Crippen molar-refractivity contribution < 1.29 is 9.13 Å². The average Bonchev–Trinajstić information content (AvgIpc) is 2.71. The van der Waals surface area contributed by atoms with Gasteiger partial charge in [0.05, 0.1) is 0 Å². The first-order valence-corrected chi connectivity index (χ1v) is 9.34. The van der Waals surface area contributed by atoms with Crippen LogP contribution in [0.25, 0.3) is 0 Å². The second-order valence-corrected chi connectivity index (χ2v) is 6.98. The molecule has 4 rings (SSSR count).